The van der Waals surface area contributed by atoms with Crippen LogP contribution < -0.4 is 9.92 Å². The highest BCUT2D eigenvalue weighted by Crippen LogP contribution is 2.16. The monoisotopic (exact) mass is 166 g/mol. The first-order valence-electron chi connectivity index (χ1n) is 3.77. The van der Waals surface area contributed by atoms with E-state index in [4.69, 9.17) is 4.74 Å². The molecular weight excluding hydrogens is 152 g/mol. The van der Waals surface area contributed by atoms with Crippen LogP contribution in [0, 0.1) is 13.8 Å². The summed E-state index contributed by atoms with van der Waals surface area (Å²) in [5.41, 5.74) is 2.58. The Morgan fingerprint density at radius 2 is 1.91 bits per heavy atom. The van der Waals surface area contributed by atoms with E-state index in [0.717, 1.165) is 16.0 Å². The van der Waals surface area contributed by atoms with Crippen molar-refractivity contribution >= 4 is 15.4 Å². The van der Waals surface area contributed by atoms with Gasteiger partial charge < -0.3 is 4.74 Å². The van der Waals surface area contributed by atoms with Crippen molar-refractivity contribution in [3.05, 3.63) is 23.3 Å². The van der Waals surface area contributed by atoms with Gasteiger partial charge in [-0.25, -0.2) is 0 Å². The van der Waals surface area contributed by atoms with Gasteiger partial charge in [0, 0.05) is 10.2 Å². The van der Waals surface area contributed by atoms with E-state index >= 15 is 0 Å². The summed E-state index contributed by atoms with van der Waals surface area (Å²) < 4.78 is 5.29. The van der Waals surface area contributed by atoms with Gasteiger partial charge in [0.2, 0.25) is 0 Å². The van der Waals surface area contributed by atoms with Gasteiger partial charge in [0.05, 0.1) is 7.11 Å². The van der Waals surface area contributed by atoms with E-state index in [1.54, 1.807) is 7.11 Å². The number of aryl methyl sites for hydroxylation is 1. The maximum absolute atomic E-state index is 5.29. The lowest BCUT2D eigenvalue weighted by Gasteiger charge is -2.09. The van der Waals surface area contributed by atoms with Crippen LogP contribution in [0.4, 0.5) is 0 Å². The van der Waals surface area contributed by atoms with Gasteiger partial charge in [-0.1, -0.05) is 12.1 Å². The van der Waals surface area contributed by atoms with Crippen LogP contribution in [-0.2, 0) is 0 Å². The molecule has 0 saturated carbocycles. The molecule has 0 heterocycles. The van der Waals surface area contributed by atoms with Crippen molar-refractivity contribution in [1.29, 1.82) is 0 Å². The van der Waals surface area contributed by atoms with Crippen LogP contribution in [0.2, 0.25) is 0 Å². The van der Waals surface area contributed by atoms with E-state index in [2.05, 4.69) is 26.0 Å². The molecule has 0 aromatic heterocycles. The molecule has 1 aromatic carbocycles. The smallest absolute Gasteiger partial charge is 0.120 e. The van der Waals surface area contributed by atoms with E-state index in [9.17, 15) is 0 Å². The molecule has 0 saturated heterocycles. The fourth-order valence-electron chi connectivity index (χ4n) is 1.24. The van der Waals surface area contributed by atoms with Crippen LogP contribution in [0.5, 0.6) is 5.75 Å². The fraction of sp³-hybridized carbons (Fsp3) is 0.333. The zero-order chi connectivity index (χ0) is 8.43. The quantitative estimate of drug-likeness (QED) is 0.545. The number of methoxy groups -OCH3 is 1. The van der Waals surface area contributed by atoms with Crippen molar-refractivity contribution in [3.63, 3.8) is 0 Å². The Morgan fingerprint density at radius 3 is 2.36 bits per heavy atom. The number of hydrogen-bond donors (Lipinski definition) is 0. The van der Waals surface area contributed by atoms with Crippen molar-refractivity contribution in [3.8, 4) is 5.75 Å². The van der Waals surface area contributed by atoms with Crippen molar-refractivity contribution in [2.75, 3.05) is 7.11 Å². The van der Waals surface area contributed by atoms with Crippen LogP contribution in [0.3, 0.4) is 0 Å². The number of hydrogen-bond acceptors (Lipinski definition) is 1. The Labute approximate surface area is 70.8 Å². The van der Waals surface area contributed by atoms with Crippen LogP contribution in [0.1, 0.15) is 11.1 Å². The number of benzene rings is 1. The third-order valence-corrected chi connectivity index (χ3v) is 2.87. The van der Waals surface area contributed by atoms with E-state index in [1.807, 2.05) is 0 Å². The summed E-state index contributed by atoms with van der Waals surface area (Å²) in [6.45, 7) is 4.22. The predicted octanol–water partition coefficient (Wildman–Crippen LogP) is 0.303. The van der Waals surface area contributed by atoms with Crippen LogP contribution in [0.15, 0.2) is 12.1 Å². The summed E-state index contributed by atoms with van der Waals surface area (Å²) in [7, 11) is 2.80. The first-order chi connectivity index (χ1) is 5.16. The summed E-state index contributed by atoms with van der Waals surface area (Å²) in [6, 6.07) is 4.30. The Hall–Kier alpha value is -0.763. The Kier molecular flexibility index (Phi) is 2.34. The summed E-state index contributed by atoms with van der Waals surface area (Å²) in [5, 5.41) is 1.34. The maximum Gasteiger partial charge on any atom is 0.120 e. The Morgan fingerprint density at radius 1 is 1.27 bits per heavy atom. The molecule has 0 aliphatic carbocycles. The van der Waals surface area contributed by atoms with Crippen molar-refractivity contribution in [2.45, 2.75) is 13.8 Å². The minimum atomic E-state index is 1.06. The summed E-state index contributed by atoms with van der Waals surface area (Å²) in [4.78, 5) is 0. The molecule has 2 heteroatoms. The molecule has 1 nitrogen and oxygen atoms in total. The van der Waals surface area contributed by atoms with Gasteiger partial charge in [0.1, 0.15) is 5.75 Å². The lowest BCUT2D eigenvalue weighted by atomic mass is 10.1. The molecule has 11 heavy (non-hydrogen) atoms. The van der Waals surface area contributed by atoms with E-state index < -0.39 is 0 Å². The lowest BCUT2D eigenvalue weighted by molar-refractivity contribution is 0.415. The molecule has 0 spiro atoms. The van der Waals surface area contributed by atoms with Gasteiger partial charge >= 0.3 is 0 Å². The molecule has 0 aliphatic rings. The highest BCUT2D eigenvalue weighted by molar-refractivity contribution is 6.34. The van der Waals surface area contributed by atoms with Gasteiger partial charge in [0.15, 0.2) is 0 Å². The summed E-state index contributed by atoms with van der Waals surface area (Å²) in [6.07, 6.45) is 0. The molecule has 1 aromatic rings. The maximum atomic E-state index is 5.29. The molecule has 0 fully saturated rings. The third-order valence-electron chi connectivity index (χ3n) is 2.08. The molecule has 1 rings (SSSR count). The molecule has 0 unspecified atom stereocenters. The Bertz CT molecular complexity index is 269. The van der Waals surface area contributed by atoms with Crippen LogP contribution in [0.25, 0.3) is 0 Å². The highest BCUT2D eigenvalue weighted by Gasteiger charge is 2.02. The first kappa shape index (κ1) is 8.33. The zero-order valence-corrected chi connectivity index (χ0v) is 9.56. The van der Waals surface area contributed by atoms with Crippen molar-refractivity contribution in [2.24, 2.45) is 0 Å². The average Bonchev–Trinajstić information content (AvgIpc) is 1.99. The number of rotatable bonds is 1. The van der Waals surface area contributed by atoms with Gasteiger partial charge in [0.25, 0.3) is 0 Å². The van der Waals surface area contributed by atoms with E-state index in [1.165, 1.54) is 16.3 Å². The molecule has 60 valence electrons. The molecule has 0 bridgehead atoms. The second-order valence-corrected chi connectivity index (χ2v) is 3.93. The minimum Gasteiger partial charge on any atom is -0.497 e. The standard InChI is InChI=1S/C9H14OSi/c1-6-4-5-8(11)9(10-3)7(6)2/h4-5H,1-3,11H3. The minimum absolute atomic E-state index is 1.06. The molecule has 0 N–H and O–H groups in total. The normalized spacial score (nSPS) is 10.1. The topological polar surface area (TPSA) is 9.23 Å². The van der Waals surface area contributed by atoms with Crippen molar-refractivity contribution in [1.82, 2.24) is 0 Å². The molecule has 0 amide bonds. The van der Waals surface area contributed by atoms with Gasteiger partial charge in [-0.15, -0.1) is 0 Å². The molecule has 0 radical (unpaired) electrons. The summed E-state index contributed by atoms with van der Waals surface area (Å²) in [5.74, 6) is 1.08. The number of ether oxygens (including phenoxy) is 1. The molecular formula is C9H14OSi. The molecule has 0 atom stereocenters. The summed E-state index contributed by atoms with van der Waals surface area (Å²) >= 11 is 0. The van der Waals surface area contributed by atoms with Gasteiger partial charge in [-0.3, -0.25) is 0 Å². The second-order valence-electron chi connectivity index (χ2n) is 2.86. The predicted molar refractivity (Wildman–Crippen MR) is 52.0 cm³/mol. The van der Waals surface area contributed by atoms with Gasteiger partial charge in [-0.2, -0.15) is 0 Å². The third kappa shape index (κ3) is 1.45. The fourth-order valence-corrected chi connectivity index (χ4v) is 1.99. The van der Waals surface area contributed by atoms with E-state index in [-0.39, 0.29) is 0 Å². The van der Waals surface area contributed by atoms with Crippen molar-refractivity contribution < 1.29 is 4.74 Å². The average molecular weight is 166 g/mol. The SMILES string of the molecule is COc1c([SiH3])ccc(C)c1C. The lowest BCUT2D eigenvalue weighted by Crippen LogP contribution is -2.09. The first-order valence-corrected chi connectivity index (χ1v) is 4.77. The van der Waals surface area contributed by atoms with E-state index in [0.29, 0.717) is 0 Å². The highest BCUT2D eigenvalue weighted by atomic mass is 28.1. The second kappa shape index (κ2) is 3.09. The van der Waals surface area contributed by atoms with Gasteiger partial charge in [-0.05, 0) is 30.2 Å². The zero-order valence-electron chi connectivity index (χ0n) is 7.56. The Balaban J connectivity index is 3.29. The van der Waals surface area contributed by atoms with Crippen LogP contribution >= 0.6 is 0 Å². The largest absolute Gasteiger partial charge is 0.497 e. The molecule has 0 aliphatic heterocycles. The van der Waals surface area contributed by atoms with Crippen LogP contribution in [-0.4, -0.2) is 17.4 Å².